The van der Waals surface area contributed by atoms with Gasteiger partial charge in [0.05, 0.1) is 7.11 Å². The van der Waals surface area contributed by atoms with E-state index in [-0.39, 0.29) is 0 Å². The molecule has 1 heterocycles. The lowest BCUT2D eigenvalue weighted by atomic mass is 10.0. The first-order valence-electron chi connectivity index (χ1n) is 6.80. The number of aromatic nitrogens is 2. The number of hydrogen-bond donors (Lipinski definition) is 1. The van der Waals surface area contributed by atoms with Gasteiger partial charge in [-0.15, -0.1) is 0 Å². The van der Waals surface area contributed by atoms with Crippen molar-refractivity contribution in [3.63, 3.8) is 0 Å². The maximum atomic E-state index is 5.33. The summed E-state index contributed by atoms with van der Waals surface area (Å²) in [6, 6.07) is 6.81. The average Bonchev–Trinajstić information content (AvgIpc) is 2.45. The van der Waals surface area contributed by atoms with Crippen molar-refractivity contribution in [2.45, 2.75) is 33.4 Å². The molecule has 2 rings (SSSR count). The number of nitrogens with zero attached hydrogens (tertiary/aromatic N) is 2. The first-order chi connectivity index (χ1) is 9.61. The highest BCUT2D eigenvalue weighted by atomic mass is 16.5. The minimum atomic E-state index is 0.438. The van der Waals surface area contributed by atoms with Crippen LogP contribution in [0.1, 0.15) is 25.0 Å². The Hall–Kier alpha value is -1.94. The van der Waals surface area contributed by atoms with Gasteiger partial charge in [0.15, 0.2) is 0 Å². The number of rotatable bonds is 5. The smallest absolute Gasteiger partial charge is 0.240 e. The van der Waals surface area contributed by atoms with Crippen molar-refractivity contribution in [2.75, 3.05) is 7.11 Å². The topological polar surface area (TPSA) is 47.0 Å². The lowest BCUT2D eigenvalue weighted by Gasteiger charge is -2.14. The van der Waals surface area contributed by atoms with Crippen LogP contribution in [0, 0.1) is 6.92 Å². The minimum absolute atomic E-state index is 0.438. The van der Waals surface area contributed by atoms with Crippen LogP contribution < -0.4 is 10.1 Å². The van der Waals surface area contributed by atoms with Gasteiger partial charge in [-0.2, -0.15) is 0 Å². The summed E-state index contributed by atoms with van der Waals surface area (Å²) in [6.45, 7) is 7.15. The van der Waals surface area contributed by atoms with Crippen molar-refractivity contribution in [2.24, 2.45) is 0 Å². The van der Waals surface area contributed by atoms with Crippen LogP contribution in [0.15, 0.2) is 30.6 Å². The van der Waals surface area contributed by atoms with Crippen molar-refractivity contribution >= 4 is 0 Å². The van der Waals surface area contributed by atoms with Gasteiger partial charge >= 0.3 is 0 Å². The Morgan fingerprint density at radius 3 is 2.65 bits per heavy atom. The van der Waals surface area contributed by atoms with Gasteiger partial charge in [-0.25, -0.2) is 9.97 Å². The molecule has 0 radical (unpaired) electrons. The number of methoxy groups -OCH3 is 1. The second-order valence-corrected chi connectivity index (χ2v) is 5.11. The zero-order chi connectivity index (χ0) is 14.5. The highest BCUT2D eigenvalue weighted by Crippen LogP contribution is 2.29. The van der Waals surface area contributed by atoms with Gasteiger partial charge in [0.1, 0.15) is 5.69 Å². The lowest BCUT2D eigenvalue weighted by molar-refractivity contribution is 0.397. The van der Waals surface area contributed by atoms with Gasteiger partial charge in [0, 0.05) is 30.5 Å². The molecule has 0 aliphatic rings. The Kier molecular flexibility index (Phi) is 4.69. The molecular weight excluding hydrogens is 250 g/mol. The summed E-state index contributed by atoms with van der Waals surface area (Å²) in [6.07, 6.45) is 3.34. The number of hydrogen-bond acceptors (Lipinski definition) is 4. The molecule has 0 atom stereocenters. The molecule has 4 heteroatoms. The molecule has 0 bridgehead atoms. The lowest BCUT2D eigenvalue weighted by Crippen LogP contribution is -2.22. The summed E-state index contributed by atoms with van der Waals surface area (Å²) in [5.41, 5.74) is 4.26. The van der Waals surface area contributed by atoms with Crippen LogP contribution in [-0.2, 0) is 6.54 Å². The molecule has 1 aromatic heterocycles. The van der Waals surface area contributed by atoms with Crippen molar-refractivity contribution < 1.29 is 4.74 Å². The standard InChI is InChI=1S/C16H21N3O/c1-11(2)19-10-13-6-5-12(3)9-14(13)15-16(20-4)18-8-7-17-15/h5-9,11,19H,10H2,1-4H3. The third-order valence-corrected chi connectivity index (χ3v) is 3.08. The van der Waals surface area contributed by atoms with Crippen LogP contribution in [0.2, 0.25) is 0 Å². The first kappa shape index (κ1) is 14.5. The second-order valence-electron chi connectivity index (χ2n) is 5.11. The van der Waals surface area contributed by atoms with Gasteiger partial charge in [-0.05, 0) is 18.6 Å². The van der Waals surface area contributed by atoms with E-state index in [4.69, 9.17) is 4.74 Å². The number of nitrogens with one attached hydrogen (secondary N) is 1. The Morgan fingerprint density at radius 1 is 1.20 bits per heavy atom. The summed E-state index contributed by atoms with van der Waals surface area (Å²) < 4.78 is 5.33. The SMILES string of the molecule is COc1nccnc1-c1cc(C)ccc1CNC(C)C. The highest BCUT2D eigenvalue weighted by Gasteiger charge is 2.13. The maximum Gasteiger partial charge on any atom is 0.240 e. The Labute approximate surface area is 120 Å². The molecule has 0 saturated carbocycles. The third kappa shape index (κ3) is 3.33. The molecule has 0 aliphatic carbocycles. The summed E-state index contributed by atoms with van der Waals surface area (Å²) in [5.74, 6) is 0.559. The van der Waals surface area contributed by atoms with Crippen LogP contribution in [0.25, 0.3) is 11.3 Å². The Bertz CT molecular complexity index is 582. The quantitative estimate of drug-likeness (QED) is 0.908. The minimum Gasteiger partial charge on any atom is -0.479 e. The molecule has 2 aromatic rings. The zero-order valence-electron chi connectivity index (χ0n) is 12.5. The van der Waals surface area contributed by atoms with Crippen LogP contribution in [0.5, 0.6) is 5.88 Å². The molecule has 4 nitrogen and oxygen atoms in total. The van der Waals surface area contributed by atoms with E-state index < -0.39 is 0 Å². The fraction of sp³-hybridized carbons (Fsp3) is 0.375. The van der Waals surface area contributed by atoms with E-state index >= 15 is 0 Å². The van der Waals surface area contributed by atoms with Crippen LogP contribution in [0.4, 0.5) is 0 Å². The van der Waals surface area contributed by atoms with Crippen LogP contribution >= 0.6 is 0 Å². The maximum absolute atomic E-state index is 5.33. The normalized spacial score (nSPS) is 10.8. The van der Waals surface area contributed by atoms with E-state index in [0.717, 1.165) is 17.8 Å². The molecule has 0 fully saturated rings. The summed E-state index contributed by atoms with van der Waals surface area (Å²) in [5, 5.41) is 3.44. The van der Waals surface area contributed by atoms with Crippen molar-refractivity contribution in [3.05, 3.63) is 41.7 Å². The molecule has 0 unspecified atom stereocenters. The molecule has 20 heavy (non-hydrogen) atoms. The summed E-state index contributed by atoms with van der Waals surface area (Å²) in [7, 11) is 1.62. The molecule has 1 N–H and O–H groups in total. The van der Waals surface area contributed by atoms with E-state index in [0.29, 0.717) is 11.9 Å². The van der Waals surface area contributed by atoms with Gasteiger partial charge in [-0.3, -0.25) is 0 Å². The second kappa shape index (κ2) is 6.48. The van der Waals surface area contributed by atoms with Crippen molar-refractivity contribution in [1.82, 2.24) is 15.3 Å². The Morgan fingerprint density at radius 2 is 1.95 bits per heavy atom. The fourth-order valence-electron chi connectivity index (χ4n) is 2.04. The molecular formula is C16H21N3O. The average molecular weight is 271 g/mol. The van der Waals surface area contributed by atoms with Gasteiger partial charge in [0.2, 0.25) is 5.88 Å². The molecule has 0 amide bonds. The van der Waals surface area contributed by atoms with E-state index in [9.17, 15) is 0 Å². The van der Waals surface area contributed by atoms with Crippen molar-refractivity contribution in [1.29, 1.82) is 0 Å². The third-order valence-electron chi connectivity index (χ3n) is 3.08. The zero-order valence-corrected chi connectivity index (χ0v) is 12.5. The van der Waals surface area contributed by atoms with Gasteiger partial charge < -0.3 is 10.1 Å². The van der Waals surface area contributed by atoms with Crippen molar-refractivity contribution in [3.8, 4) is 17.1 Å². The predicted molar refractivity (Wildman–Crippen MR) is 80.7 cm³/mol. The molecule has 1 aromatic carbocycles. The van der Waals surface area contributed by atoms with Crippen LogP contribution in [0.3, 0.4) is 0 Å². The van der Waals surface area contributed by atoms with E-state index in [1.54, 1.807) is 19.5 Å². The first-order valence-corrected chi connectivity index (χ1v) is 6.80. The van der Waals surface area contributed by atoms with E-state index in [1.165, 1.54) is 11.1 Å². The summed E-state index contributed by atoms with van der Waals surface area (Å²) >= 11 is 0. The van der Waals surface area contributed by atoms with Crippen LogP contribution in [-0.4, -0.2) is 23.1 Å². The van der Waals surface area contributed by atoms with Gasteiger partial charge in [0.25, 0.3) is 0 Å². The van der Waals surface area contributed by atoms with Gasteiger partial charge in [-0.1, -0.05) is 31.5 Å². The molecule has 0 aliphatic heterocycles. The fourth-order valence-corrected chi connectivity index (χ4v) is 2.04. The molecule has 0 saturated heterocycles. The Balaban J connectivity index is 2.45. The molecule has 0 spiro atoms. The van der Waals surface area contributed by atoms with E-state index in [1.807, 2.05) is 0 Å². The highest BCUT2D eigenvalue weighted by molar-refractivity contribution is 5.68. The number of aryl methyl sites for hydroxylation is 1. The van der Waals surface area contributed by atoms with E-state index in [2.05, 4.69) is 54.3 Å². The monoisotopic (exact) mass is 271 g/mol. The molecule has 106 valence electrons. The summed E-state index contributed by atoms with van der Waals surface area (Å²) in [4.78, 5) is 8.67. The number of benzene rings is 1. The predicted octanol–water partition coefficient (Wildman–Crippen LogP) is 2.96. The number of ether oxygens (including phenoxy) is 1. The largest absolute Gasteiger partial charge is 0.479 e.